The first-order valence-electron chi connectivity index (χ1n) is 11.1. The minimum atomic E-state index is -4.67. The predicted molar refractivity (Wildman–Crippen MR) is 111 cm³/mol. The van der Waals surface area contributed by atoms with Crippen LogP contribution in [0.4, 0.5) is 18.0 Å². The Morgan fingerprint density at radius 1 is 1.22 bits per heavy atom. The normalized spacial score (nSPS) is 22.9. The van der Waals surface area contributed by atoms with E-state index in [0.717, 1.165) is 17.5 Å². The number of halogens is 3. The zero-order valence-corrected chi connectivity index (χ0v) is 18.0. The number of aliphatic carboxylic acids is 1. The molecule has 0 unspecified atom stereocenters. The second-order valence-corrected chi connectivity index (χ2v) is 8.85. The number of β-lactam (4-membered cyclic amide) rings is 1. The Balaban J connectivity index is 1.63. The van der Waals surface area contributed by atoms with Crippen molar-refractivity contribution < 1.29 is 32.7 Å². The Bertz CT molecular complexity index is 852. The average Bonchev–Trinajstić information content (AvgIpc) is 2.72. The van der Waals surface area contributed by atoms with E-state index in [2.05, 4.69) is 0 Å². The molecule has 176 valence electrons. The maximum Gasteiger partial charge on any atom is 0.408 e. The molecule has 1 saturated heterocycles. The van der Waals surface area contributed by atoms with Gasteiger partial charge in [-0.1, -0.05) is 49.1 Å². The molecule has 1 aliphatic carbocycles. The number of carbonyl (C=O) groups is 3. The van der Waals surface area contributed by atoms with Crippen molar-refractivity contribution in [2.24, 2.45) is 11.8 Å². The molecule has 3 rings (SSSR count). The van der Waals surface area contributed by atoms with Crippen LogP contribution in [0.5, 0.6) is 0 Å². The highest BCUT2D eigenvalue weighted by molar-refractivity contribution is 6.07. The molecule has 3 amide bonds. The van der Waals surface area contributed by atoms with Gasteiger partial charge in [-0.15, -0.1) is 0 Å². The molecule has 1 heterocycles. The van der Waals surface area contributed by atoms with Crippen LogP contribution in [0, 0.1) is 18.8 Å². The van der Waals surface area contributed by atoms with Crippen molar-refractivity contribution in [1.82, 2.24) is 10.2 Å². The van der Waals surface area contributed by atoms with Crippen LogP contribution in [-0.2, 0) is 16.0 Å². The molecule has 1 aliphatic heterocycles. The van der Waals surface area contributed by atoms with Crippen molar-refractivity contribution in [3.63, 3.8) is 0 Å². The number of amides is 3. The number of alkyl halides is 3. The molecular weight excluding hydrogens is 425 g/mol. The minimum absolute atomic E-state index is 0.249. The topological polar surface area (TPSA) is 86.7 Å². The number of benzene rings is 1. The third kappa shape index (κ3) is 5.42. The van der Waals surface area contributed by atoms with E-state index in [0.29, 0.717) is 43.4 Å². The van der Waals surface area contributed by atoms with E-state index >= 15 is 0 Å². The van der Waals surface area contributed by atoms with Crippen LogP contribution in [0.15, 0.2) is 24.3 Å². The van der Waals surface area contributed by atoms with Gasteiger partial charge in [0.05, 0.1) is 5.92 Å². The number of aryl methyl sites for hydroxylation is 2. The summed E-state index contributed by atoms with van der Waals surface area (Å²) in [5.41, 5.74) is 2.14. The Morgan fingerprint density at radius 3 is 2.50 bits per heavy atom. The van der Waals surface area contributed by atoms with Crippen LogP contribution in [0.3, 0.4) is 0 Å². The fourth-order valence-corrected chi connectivity index (χ4v) is 4.87. The summed E-state index contributed by atoms with van der Waals surface area (Å²) >= 11 is 0. The van der Waals surface area contributed by atoms with E-state index in [9.17, 15) is 32.7 Å². The number of nitrogens with zero attached hydrogens (tertiary/aromatic N) is 1. The van der Waals surface area contributed by atoms with Gasteiger partial charge >= 0.3 is 18.2 Å². The molecule has 1 aromatic rings. The number of hydrogen-bond donors (Lipinski definition) is 2. The van der Waals surface area contributed by atoms with Crippen molar-refractivity contribution in [2.45, 2.75) is 76.6 Å². The van der Waals surface area contributed by atoms with Gasteiger partial charge in [-0.05, 0) is 50.5 Å². The summed E-state index contributed by atoms with van der Waals surface area (Å²) in [5.74, 6) is -3.80. The molecule has 0 spiro atoms. The van der Waals surface area contributed by atoms with Crippen molar-refractivity contribution in [3.8, 4) is 0 Å². The van der Waals surface area contributed by atoms with Gasteiger partial charge in [-0.25, -0.2) is 14.5 Å². The molecule has 2 N–H and O–H groups in total. The maximum absolute atomic E-state index is 13.6. The largest absolute Gasteiger partial charge is 0.480 e. The highest BCUT2D eigenvalue weighted by Gasteiger charge is 2.56. The summed E-state index contributed by atoms with van der Waals surface area (Å²) in [6.45, 7) is 1.96. The van der Waals surface area contributed by atoms with Crippen LogP contribution in [0.25, 0.3) is 0 Å². The lowest BCUT2D eigenvalue weighted by atomic mass is 9.82. The van der Waals surface area contributed by atoms with Gasteiger partial charge in [0.2, 0.25) is 5.91 Å². The van der Waals surface area contributed by atoms with Crippen molar-refractivity contribution >= 4 is 17.9 Å². The summed E-state index contributed by atoms with van der Waals surface area (Å²) in [4.78, 5) is 37.3. The lowest BCUT2D eigenvalue weighted by Gasteiger charge is -2.44. The molecule has 0 radical (unpaired) electrons. The molecule has 2 fully saturated rings. The summed E-state index contributed by atoms with van der Waals surface area (Å²) in [5, 5.41) is 11.5. The molecule has 3 atom stereocenters. The number of carboxylic acid groups (broad SMARTS) is 1. The van der Waals surface area contributed by atoms with E-state index in [4.69, 9.17) is 0 Å². The summed E-state index contributed by atoms with van der Waals surface area (Å²) < 4.78 is 40.8. The number of carboxylic acids is 1. The number of hydrogen-bond acceptors (Lipinski definition) is 3. The average molecular weight is 454 g/mol. The van der Waals surface area contributed by atoms with Crippen LogP contribution >= 0.6 is 0 Å². The molecule has 9 heteroatoms. The van der Waals surface area contributed by atoms with E-state index in [1.54, 1.807) is 0 Å². The van der Waals surface area contributed by atoms with Gasteiger partial charge in [0, 0.05) is 0 Å². The van der Waals surface area contributed by atoms with Gasteiger partial charge in [-0.2, -0.15) is 13.2 Å². The standard InChI is InChI=1S/C23H29F3N2O4/c1-14-7-5-8-15(13-14)9-6-12-17-18(21(30)31)28(20(17)29)22(32)27-19(23(24,25)26)16-10-3-2-4-11-16/h5,7-8,13,16-19H,2-4,6,9-12H2,1H3,(H,27,32)(H,30,31)/t17-,18+,19+/m1/s1. The fourth-order valence-electron chi connectivity index (χ4n) is 4.87. The zero-order valence-electron chi connectivity index (χ0n) is 18.0. The summed E-state index contributed by atoms with van der Waals surface area (Å²) in [6.07, 6.45) is -0.423. The van der Waals surface area contributed by atoms with Crippen LogP contribution in [0.2, 0.25) is 0 Å². The minimum Gasteiger partial charge on any atom is -0.480 e. The van der Waals surface area contributed by atoms with Gasteiger partial charge in [0.15, 0.2) is 6.04 Å². The highest BCUT2D eigenvalue weighted by Crippen LogP contribution is 2.36. The Kier molecular flexibility index (Phi) is 7.46. The van der Waals surface area contributed by atoms with Gasteiger partial charge in [0.25, 0.3) is 0 Å². The van der Waals surface area contributed by atoms with Crippen LogP contribution < -0.4 is 5.32 Å². The molecule has 2 aliphatic rings. The molecular formula is C23H29F3N2O4. The van der Waals surface area contributed by atoms with E-state index < -0.39 is 48.0 Å². The second kappa shape index (κ2) is 9.92. The molecule has 0 bridgehead atoms. The fraction of sp³-hybridized carbons (Fsp3) is 0.609. The van der Waals surface area contributed by atoms with Crippen molar-refractivity contribution in [2.75, 3.05) is 0 Å². The summed E-state index contributed by atoms with van der Waals surface area (Å²) in [6, 6.07) is 3.00. The van der Waals surface area contributed by atoms with E-state index in [1.807, 2.05) is 36.5 Å². The number of imide groups is 1. The van der Waals surface area contributed by atoms with E-state index in [-0.39, 0.29) is 6.42 Å². The first-order chi connectivity index (χ1) is 15.1. The Labute approximate surface area is 185 Å². The number of rotatable bonds is 7. The summed E-state index contributed by atoms with van der Waals surface area (Å²) in [7, 11) is 0. The molecule has 32 heavy (non-hydrogen) atoms. The second-order valence-electron chi connectivity index (χ2n) is 8.85. The highest BCUT2D eigenvalue weighted by atomic mass is 19.4. The Morgan fingerprint density at radius 2 is 1.91 bits per heavy atom. The smallest absolute Gasteiger partial charge is 0.408 e. The third-order valence-corrected chi connectivity index (χ3v) is 6.50. The van der Waals surface area contributed by atoms with Crippen LogP contribution in [0.1, 0.15) is 56.1 Å². The van der Waals surface area contributed by atoms with Crippen molar-refractivity contribution in [3.05, 3.63) is 35.4 Å². The number of nitrogens with one attached hydrogen (secondary N) is 1. The van der Waals surface area contributed by atoms with E-state index in [1.165, 1.54) is 0 Å². The SMILES string of the molecule is Cc1cccc(CCC[C@H]2C(=O)N(C(=O)N[C@@H](C3CCCCC3)C(F)(F)F)[C@@H]2C(=O)O)c1. The molecule has 1 aromatic carbocycles. The first kappa shape index (κ1) is 24.1. The molecule has 6 nitrogen and oxygen atoms in total. The molecule has 0 aromatic heterocycles. The predicted octanol–water partition coefficient (Wildman–Crippen LogP) is 4.45. The number of urea groups is 1. The lowest BCUT2D eigenvalue weighted by molar-refractivity contribution is -0.173. The number of carbonyl (C=O) groups excluding carboxylic acids is 2. The van der Waals surface area contributed by atoms with Gasteiger partial charge < -0.3 is 10.4 Å². The van der Waals surface area contributed by atoms with Crippen molar-refractivity contribution in [1.29, 1.82) is 0 Å². The number of likely N-dealkylation sites (tertiary alicyclic amines) is 1. The lowest BCUT2D eigenvalue weighted by Crippen LogP contribution is -2.69. The van der Waals surface area contributed by atoms with Gasteiger partial charge in [-0.3, -0.25) is 4.79 Å². The van der Waals surface area contributed by atoms with Gasteiger partial charge in [0.1, 0.15) is 6.04 Å². The molecule has 1 saturated carbocycles. The van der Waals surface area contributed by atoms with Crippen LogP contribution in [-0.4, -0.2) is 46.2 Å². The quantitative estimate of drug-likeness (QED) is 0.596. The first-order valence-corrected chi connectivity index (χ1v) is 11.1. The third-order valence-electron chi connectivity index (χ3n) is 6.50. The Hall–Kier alpha value is -2.58. The zero-order chi connectivity index (χ0) is 23.5. The monoisotopic (exact) mass is 454 g/mol. The maximum atomic E-state index is 13.6.